The number of alkyl halides is 4. The van der Waals surface area contributed by atoms with Gasteiger partial charge in [0.1, 0.15) is 11.6 Å². The minimum atomic E-state index is -4.52. The fourth-order valence-electron chi connectivity index (χ4n) is 1.14. The van der Waals surface area contributed by atoms with E-state index in [4.69, 9.17) is 0 Å². The second kappa shape index (κ2) is 5.86. The molecule has 0 saturated heterocycles. The number of carbonyl (C=O) groups is 1. The Morgan fingerprint density at radius 1 is 1.35 bits per heavy atom. The quantitative estimate of drug-likeness (QED) is 0.472. The molecule has 0 aliphatic heterocycles. The first-order chi connectivity index (χ1) is 7.81. The monoisotopic (exact) mass is 330 g/mol. The average molecular weight is 331 g/mol. The molecule has 1 aromatic carbocycles. The van der Waals surface area contributed by atoms with Gasteiger partial charge in [-0.1, -0.05) is 22.0 Å². The van der Waals surface area contributed by atoms with E-state index in [1.807, 2.05) is 0 Å². The van der Waals surface area contributed by atoms with E-state index in [-0.39, 0.29) is 17.5 Å². The summed E-state index contributed by atoms with van der Waals surface area (Å²) in [6, 6.07) is 3.30. The van der Waals surface area contributed by atoms with Gasteiger partial charge >= 0.3 is 5.51 Å². The summed E-state index contributed by atoms with van der Waals surface area (Å²) in [5, 5.41) is 0.133. The number of ketones is 1. The van der Waals surface area contributed by atoms with Crippen molar-refractivity contribution in [3.8, 4) is 0 Å². The average Bonchev–Trinajstić information content (AvgIpc) is 2.20. The maximum absolute atomic E-state index is 13.3. The zero-order chi connectivity index (χ0) is 13.1. The lowest BCUT2D eigenvalue weighted by Gasteiger charge is -2.07. The Labute approximate surface area is 108 Å². The summed E-state index contributed by atoms with van der Waals surface area (Å²) in [5.41, 5.74) is -4.16. The Bertz CT molecular complexity index is 419. The second-order valence-corrected chi connectivity index (χ2v) is 4.83. The standard InChI is InChI=1S/C10H7BrF4OS/c11-5-7(16)3-6-1-2-9(8(12)4-6)17-10(13,14)15/h1-2,4H,3,5H2. The molecule has 0 aliphatic carbocycles. The van der Waals surface area contributed by atoms with Gasteiger partial charge in [-0.15, -0.1) is 0 Å². The number of benzene rings is 1. The molecule has 1 nitrogen and oxygen atoms in total. The van der Waals surface area contributed by atoms with Crippen molar-refractivity contribution in [2.45, 2.75) is 16.8 Å². The Balaban J connectivity index is 2.83. The lowest BCUT2D eigenvalue weighted by molar-refractivity contribution is -0.115. The van der Waals surface area contributed by atoms with Crippen LogP contribution in [0.5, 0.6) is 0 Å². The van der Waals surface area contributed by atoms with Crippen LogP contribution in [0, 0.1) is 5.82 Å². The van der Waals surface area contributed by atoms with E-state index in [1.54, 1.807) is 0 Å². The van der Waals surface area contributed by atoms with E-state index in [1.165, 1.54) is 6.07 Å². The molecule has 0 bridgehead atoms. The molecule has 94 valence electrons. The molecular formula is C10H7BrF4OS. The van der Waals surface area contributed by atoms with Crippen LogP contribution in [0.25, 0.3) is 0 Å². The van der Waals surface area contributed by atoms with Gasteiger partial charge < -0.3 is 0 Å². The number of Topliss-reactive ketones (excluding diaryl/α,β-unsaturated/α-hetero) is 1. The molecule has 0 atom stereocenters. The first-order valence-electron chi connectivity index (χ1n) is 4.43. The zero-order valence-corrected chi connectivity index (χ0v) is 10.8. The molecule has 7 heteroatoms. The van der Waals surface area contributed by atoms with Gasteiger partial charge in [0.25, 0.3) is 0 Å². The molecule has 0 aliphatic rings. The van der Waals surface area contributed by atoms with Crippen molar-refractivity contribution in [1.29, 1.82) is 0 Å². The number of carbonyl (C=O) groups excluding carboxylic acids is 1. The highest BCUT2D eigenvalue weighted by Gasteiger charge is 2.30. The number of hydrogen-bond donors (Lipinski definition) is 0. The van der Waals surface area contributed by atoms with Gasteiger partial charge in [0.05, 0.1) is 10.2 Å². The van der Waals surface area contributed by atoms with Gasteiger partial charge in [0.2, 0.25) is 0 Å². The maximum atomic E-state index is 13.3. The Hall–Kier alpha value is -0.560. The highest BCUT2D eigenvalue weighted by atomic mass is 79.9. The second-order valence-electron chi connectivity index (χ2n) is 3.16. The maximum Gasteiger partial charge on any atom is 0.446 e. The fraction of sp³-hybridized carbons (Fsp3) is 0.300. The third-order valence-corrected chi connectivity index (χ3v) is 3.18. The van der Waals surface area contributed by atoms with Crippen LogP contribution >= 0.6 is 27.7 Å². The largest absolute Gasteiger partial charge is 0.446 e. The van der Waals surface area contributed by atoms with Crippen molar-refractivity contribution in [2.75, 3.05) is 5.33 Å². The van der Waals surface area contributed by atoms with Crippen molar-refractivity contribution in [3.63, 3.8) is 0 Å². The Morgan fingerprint density at radius 3 is 2.47 bits per heavy atom. The highest BCUT2D eigenvalue weighted by Crippen LogP contribution is 2.38. The normalized spacial score (nSPS) is 11.6. The number of hydrogen-bond acceptors (Lipinski definition) is 2. The van der Waals surface area contributed by atoms with Crippen LogP contribution in [0.2, 0.25) is 0 Å². The van der Waals surface area contributed by atoms with Crippen LogP contribution < -0.4 is 0 Å². The first-order valence-corrected chi connectivity index (χ1v) is 6.37. The van der Waals surface area contributed by atoms with Gasteiger partial charge in [0, 0.05) is 6.42 Å². The molecule has 0 spiro atoms. The summed E-state index contributed by atoms with van der Waals surface area (Å²) >= 11 is 2.44. The van der Waals surface area contributed by atoms with E-state index in [0.717, 1.165) is 12.1 Å². The minimum absolute atomic E-state index is 0.000859. The molecule has 1 rings (SSSR count). The summed E-state index contributed by atoms with van der Waals surface area (Å²) in [7, 11) is 0. The van der Waals surface area contributed by atoms with Crippen molar-refractivity contribution < 1.29 is 22.4 Å². The van der Waals surface area contributed by atoms with Crippen LogP contribution in [0.15, 0.2) is 23.1 Å². The summed E-state index contributed by atoms with van der Waals surface area (Å²) in [6.07, 6.45) is -0.000859. The van der Waals surface area contributed by atoms with Crippen molar-refractivity contribution in [3.05, 3.63) is 29.6 Å². The van der Waals surface area contributed by atoms with E-state index in [0.29, 0.717) is 5.56 Å². The summed E-state index contributed by atoms with van der Waals surface area (Å²) < 4.78 is 49.4. The minimum Gasteiger partial charge on any atom is -0.298 e. The Kier molecular flexibility index (Phi) is 5.00. The smallest absolute Gasteiger partial charge is 0.298 e. The van der Waals surface area contributed by atoms with E-state index in [9.17, 15) is 22.4 Å². The SMILES string of the molecule is O=C(CBr)Cc1ccc(SC(F)(F)F)c(F)c1. The van der Waals surface area contributed by atoms with Gasteiger partial charge in [-0.2, -0.15) is 13.2 Å². The lowest BCUT2D eigenvalue weighted by atomic mass is 10.1. The molecule has 0 N–H and O–H groups in total. The summed E-state index contributed by atoms with van der Waals surface area (Å²) in [5.74, 6) is -1.13. The van der Waals surface area contributed by atoms with Crippen LogP contribution in [0.3, 0.4) is 0 Å². The van der Waals surface area contributed by atoms with Crippen molar-refractivity contribution in [2.24, 2.45) is 0 Å². The molecule has 17 heavy (non-hydrogen) atoms. The topological polar surface area (TPSA) is 17.1 Å². The summed E-state index contributed by atoms with van der Waals surface area (Å²) in [4.78, 5) is 10.6. The molecule has 0 unspecified atom stereocenters. The number of rotatable bonds is 4. The number of thioether (sulfide) groups is 1. The molecule has 0 aromatic heterocycles. The van der Waals surface area contributed by atoms with Gasteiger partial charge in [-0.3, -0.25) is 4.79 Å². The molecule has 0 saturated carbocycles. The molecule has 0 amide bonds. The summed E-state index contributed by atoms with van der Waals surface area (Å²) in [6.45, 7) is 0. The van der Waals surface area contributed by atoms with Gasteiger partial charge in [-0.25, -0.2) is 4.39 Å². The first kappa shape index (κ1) is 14.5. The highest BCUT2D eigenvalue weighted by molar-refractivity contribution is 9.09. The van der Waals surface area contributed by atoms with Gasteiger partial charge in [0.15, 0.2) is 0 Å². The lowest BCUT2D eigenvalue weighted by Crippen LogP contribution is -2.05. The van der Waals surface area contributed by atoms with E-state index < -0.39 is 28.0 Å². The van der Waals surface area contributed by atoms with Crippen LogP contribution in [0.4, 0.5) is 17.6 Å². The zero-order valence-electron chi connectivity index (χ0n) is 8.35. The Morgan fingerprint density at radius 2 is 2.00 bits per heavy atom. The van der Waals surface area contributed by atoms with Crippen LogP contribution in [-0.2, 0) is 11.2 Å². The molecule has 0 heterocycles. The fourth-order valence-corrected chi connectivity index (χ4v) is 1.88. The molecule has 0 fully saturated rings. The third-order valence-electron chi connectivity index (χ3n) is 1.77. The molecule has 1 aromatic rings. The third kappa shape index (κ3) is 5.08. The molecular weight excluding hydrogens is 324 g/mol. The van der Waals surface area contributed by atoms with Crippen LogP contribution in [-0.4, -0.2) is 16.6 Å². The van der Waals surface area contributed by atoms with Crippen LogP contribution in [0.1, 0.15) is 5.56 Å². The van der Waals surface area contributed by atoms with E-state index >= 15 is 0 Å². The van der Waals surface area contributed by atoms with Crippen molar-refractivity contribution in [1.82, 2.24) is 0 Å². The number of halogens is 5. The van der Waals surface area contributed by atoms with E-state index in [2.05, 4.69) is 15.9 Å². The predicted molar refractivity (Wildman–Crippen MR) is 60.8 cm³/mol. The predicted octanol–water partition coefficient (Wildman–Crippen LogP) is 3.94. The molecule has 0 radical (unpaired) electrons. The van der Waals surface area contributed by atoms with Gasteiger partial charge in [-0.05, 0) is 29.5 Å². The van der Waals surface area contributed by atoms with Crippen molar-refractivity contribution >= 4 is 33.5 Å².